The Balaban J connectivity index is 1.47. The number of nitrogens with one attached hydrogen (secondary N) is 1. The first-order valence-electron chi connectivity index (χ1n) is 8.19. The monoisotopic (exact) mass is 366 g/mol. The summed E-state index contributed by atoms with van der Waals surface area (Å²) in [5.41, 5.74) is 3.44. The van der Waals surface area contributed by atoms with Crippen LogP contribution in [0, 0.1) is 0 Å². The Morgan fingerprint density at radius 2 is 1.73 bits per heavy atom. The third-order valence-corrected chi connectivity index (χ3v) is 5.09. The second-order valence-electron chi connectivity index (χ2n) is 5.94. The molecule has 0 saturated heterocycles. The van der Waals surface area contributed by atoms with Crippen molar-refractivity contribution in [3.05, 3.63) is 41.8 Å². The van der Waals surface area contributed by atoms with E-state index in [1.165, 1.54) is 0 Å². The SMILES string of the molecule is O=C1COc2ccc(-c3csc(-c4ccc5c(c4)OCCO5)n3)cc2N1. The van der Waals surface area contributed by atoms with Crippen LogP contribution in [-0.4, -0.2) is 30.7 Å². The highest BCUT2D eigenvalue weighted by Crippen LogP contribution is 2.38. The summed E-state index contributed by atoms with van der Waals surface area (Å²) in [7, 11) is 0. The van der Waals surface area contributed by atoms with E-state index in [1.807, 2.05) is 41.8 Å². The quantitative estimate of drug-likeness (QED) is 0.751. The van der Waals surface area contributed by atoms with Gasteiger partial charge in [0.25, 0.3) is 5.91 Å². The van der Waals surface area contributed by atoms with Crippen LogP contribution < -0.4 is 19.5 Å². The van der Waals surface area contributed by atoms with Gasteiger partial charge in [-0.2, -0.15) is 0 Å². The predicted octanol–water partition coefficient (Wildman–Crippen LogP) is 3.58. The Bertz CT molecular complexity index is 1010. The number of ether oxygens (including phenoxy) is 3. The van der Waals surface area contributed by atoms with E-state index in [2.05, 4.69) is 5.32 Å². The molecule has 26 heavy (non-hydrogen) atoms. The number of aromatic nitrogens is 1. The maximum absolute atomic E-state index is 11.5. The highest BCUT2D eigenvalue weighted by Gasteiger charge is 2.18. The van der Waals surface area contributed by atoms with Gasteiger partial charge in [-0.25, -0.2) is 4.98 Å². The largest absolute Gasteiger partial charge is 0.486 e. The van der Waals surface area contributed by atoms with Crippen molar-refractivity contribution in [3.63, 3.8) is 0 Å². The Kier molecular flexibility index (Phi) is 3.53. The topological polar surface area (TPSA) is 69.7 Å². The van der Waals surface area contributed by atoms with E-state index >= 15 is 0 Å². The molecular weight excluding hydrogens is 352 g/mol. The predicted molar refractivity (Wildman–Crippen MR) is 98.1 cm³/mol. The van der Waals surface area contributed by atoms with Gasteiger partial charge in [-0.05, 0) is 36.4 Å². The van der Waals surface area contributed by atoms with Crippen molar-refractivity contribution < 1.29 is 19.0 Å². The average molecular weight is 366 g/mol. The molecule has 0 aliphatic carbocycles. The molecule has 0 saturated carbocycles. The number of benzene rings is 2. The third-order valence-electron chi connectivity index (χ3n) is 4.20. The molecule has 3 aromatic rings. The van der Waals surface area contributed by atoms with Crippen molar-refractivity contribution in [2.24, 2.45) is 0 Å². The maximum atomic E-state index is 11.5. The fourth-order valence-corrected chi connectivity index (χ4v) is 3.78. The smallest absolute Gasteiger partial charge is 0.262 e. The molecule has 2 aliphatic heterocycles. The highest BCUT2D eigenvalue weighted by atomic mass is 32.1. The first-order valence-corrected chi connectivity index (χ1v) is 9.07. The summed E-state index contributed by atoms with van der Waals surface area (Å²) in [6.45, 7) is 1.19. The van der Waals surface area contributed by atoms with Crippen molar-refractivity contribution in [2.45, 2.75) is 0 Å². The van der Waals surface area contributed by atoms with Gasteiger partial charge in [-0.1, -0.05) is 0 Å². The molecule has 130 valence electrons. The molecule has 0 spiro atoms. The number of fused-ring (bicyclic) bond motifs is 2. The summed E-state index contributed by atoms with van der Waals surface area (Å²) < 4.78 is 16.6. The van der Waals surface area contributed by atoms with Crippen molar-refractivity contribution in [1.82, 2.24) is 4.98 Å². The van der Waals surface area contributed by atoms with E-state index in [4.69, 9.17) is 19.2 Å². The van der Waals surface area contributed by atoms with Crippen LogP contribution in [0.1, 0.15) is 0 Å². The number of hydrogen-bond acceptors (Lipinski definition) is 6. The van der Waals surface area contributed by atoms with Crippen molar-refractivity contribution in [2.75, 3.05) is 25.1 Å². The van der Waals surface area contributed by atoms with E-state index < -0.39 is 0 Å². The van der Waals surface area contributed by atoms with Gasteiger partial charge in [0.05, 0.1) is 11.4 Å². The van der Waals surface area contributed by atoms with Gasteiger partial charge in [-0.15, -0.1) is 11.3 Å². The van der Waals surface area contributed by atoms with Crippen molar-refractivity contribution in [1.29, 1.82) is 0 Å². The third kappa shape index (κ3) is 2.66. The van der Waals surface area contributed by atoms with E-state index in [9.17, 15) is 4.79 Å². The lowest BCUT2D eigenvalue weighted by atomic mass is 10.1. The minimum atomic E-state index is -0.148. The second kappa shape index (κ2) is 6.03. The number of nitrogens with zero attached hydrogens (tertiary/aromatic N) is 1. The molecule has 0 radical (unpaired) electrons. The maximum Gasteiger partial charge on any atom is 0.262 e. The molecule has 5 rings (SSSR count). The van der Waals surface area contributed by atoms with E-state index in [-0.39, 0.29) is 12.5 Å². The van der Waals surface area contributed by atoms with Crippen LogP contribution in [0.25, 0.3) is 21.8 Å². The number of carbonyl (C=O) groups is 1. The zero-order chi connectivity index (χ0) is 17.5. The standard InChI is InChI=1S/C19H14N2O4S/c22-18-9-25-15-3-1-11(7-13(15)20-18)14-10-26-19(21-14)12-2-4-16-17(8-12)24-6-5-23-16/h1-4,7-8,10H,5-6,9H2,(H,20,22). The second-order valence-corrected chi connectivity index (χ2v) is 6.80. The van der Waals surface area contributed by atoms with Crippen molar-refractivity contribution in [3.8, 4) is 39.1 Å². The zero-order valence-electron chi connectivity index (χ0n) is 13.7. The van der Waals surface area contributed by atoms with Gasteiger partial charge >= 0.3 is 0 Å². The van der Waals surface area contributed by atoms with Crippen LogP contribution in [0.4, 0.5) is 5.69 Å². The van der Waals surface area contributed by atoms with Crippen molar-refractivity contribution >= 4 is 22.9 Å². The molecule has 0 unspecified atom stereocenters. The molecule has 7 heteroatoms. The molecule has 2 aromatic carbocycles. The average Bonchev–Trinajstić information content (AvgIpc) is 3.17. The molecule has 3 heterocycles. The number of hydrogen-bond donors (Lipinski definition) is 1. The highest BCUT2D eigenvalue weighted by molar-refractivity contribution is 7.13. The Morgan fingerprint density at radius 3 is 2.65 bits per heavy atom. The number of anilines is 1. The van der Waals surface area contributed by atoms with Gasteiger partial charge in [0, 0.05) is 16.5 Å². The van der Waals surface area contributed by atoms with Crippen LogP contribution in [0.2, 0.25) is 0 Å². The Morgan fingerprint density at radius 1 is 0.923 bits per heavy atom. The number of carbonyl (C=O) groups excluding carboxylic acids is 1. The lowest BCUT2D eigenvalue weighted by Crippen LogP contribution is -2.25. The van der Waals surface area contributed by atoms with Crippen LogP contribution in [0.3, 0.4) is 0 Å². The Hall–Kier alpha value is -3.06. The van der Waals surface area contributed by atoms with E-state index in [1.54, 1.807) is 11.3 Å². The van der Waals surface area contributed by atoms with Crippen LogP contribution in [0.5, 0.6) is 17.2 Å². The van der Waals surface area contributed by atoms with Crippen LogP contribution >= 0.6 is 11.3 Å². The molecule has 0 bridgehead atoms. The molecule has 6 nitrogen and oxygen atoms in total. The van der Waals surface area contributed by atoms with Gasteiger partial charge < -0.3 is 19.5 Å². The first kappa shape index (κ1) is 15.2. The first-order chi connectivity index (χ1) is 12.8. The molecule has 0 atom stereocenters. The fourth-order valence-electron chi connectivity index (χ4n) is 2.96. The molecule has 0 fully saturated rings. The summed E-state index contributed by atoms with van der Waals surface area (Å²) in [6.07, 6.45) is 0. The molecule has 1 aromatic heterocycles. The zero-order valence-corrected chi connectivity index (χ0v) is 14.5. The van der Waals surface area contributed by atoms with E-state index in [0.717, 1.165) is 33.3 Å². The number of amides is 1. The summed E-state index contributed by atoms with van der Waals surface area (Å²) in [4.78, 5) is 16.2. The van der Waals surface area contributed by atoms with Crippen LogP contribution in [-0.2, 0) is 4.79 Å². The molecule has 1 N–H and O–H groups in total. The lowest BCUT2D eigenvalue weighted by Gasteiger charge is -2.18. The normalized spacial score (nSPS) is 15.0. The summed E-state index contributed by atoms with van der Waals surface area (Å²) >= 11 is 1.56. The Labute approximate surface area is 153 Å². The summed E-state index contributed by atoms with van der Waals surface area (Å²) in [5, 5.41) is 5.72. The minimum Gasteiger partial charge on any atom is -0.486 e. The number of thiazole rings is 1. The van der Waals surface area contributed by atoms with E-state index in [0.29, 0.717) is 24.7 Å². The molecular formula is C19H14N2O4S. The number of rotatable bonds is 2. The summed E-state index contributed by atoms with van der Waals surface area (Å²) in [5.74, 6) is 2.04. The molecule has 2 aliphatic rings. The minimum absolute atomic E-state index is 0.0529. The lowest BCUT2D eigenvalue weighted by molar-refractivity contribution is -0.118. The fraction of sp³-hybridized carbons (Fsp3) is 0.158. The summed E-state index contributed by atoms with van der Waals surface area (Å²) in [6, 6.07) is 11.5. The van der Waals surface area contributed by atoms with Gasteiger partial charge in [0.2, 0.25) is 0 Å². The van der Waals surface area contributed by atoms with Gasteiger partial charge in [0.1, 0.15) is 24.0 Å². The van der Waals surface area contributed by atoms with Gasteiger partial charge in [0.15, 0.2) is 18.1 Å². The van der Waals surface area contributed by atoms with Crippen LogP contribution in [0.15, 0.2) is 41.8 Å². The van der Waals surface area contributed by atoms with Gasteiger partial charge in [-0.3, -0.25) is 4.79 Å². The molecule has 1 amide bonds.